The van der Waals surface area contributed by atoms with Crippen molar-refractivity contribution in [2.45, 2.75) is 24.8 Å². The maximum atomic E-state index is 13.0. The molecule has 27 heavy (non-hydrogen) atoms. The van der Waals surface area contributed by atoms with Crippen LogP contribution in [0.3, 0.4) is 0 Å². The number of anilines is 1. The zero-order chi connectivity index (χ0) is 20.4. The molecular weight excluding hydrogens is 388 g/mol. The molecule has 0 aliphatic heterocycles. The van der Waals surface area contributed by atoms with Crippen LogP contribution in [0.25, 0.3) is 0 Å². The lowest BCUT2D eigenvalue weighted by molar-refractivity contribution is 0.0755. The zero-order valence-corrected chi connectivity index (χ0v) is 17.5. The summed E-state index contributed by atoms with van der Waals surface area (Å²) in [6.45, 7) is 3.73. The van der Waals surface area contributed by atoms with Crippen molar-refractivity contribution in [1.82, 2.24) is 4.90 Å². The van der Waals surface area contributed by atoms with Crippen molar-refractivity contribution in [2.75, 3.05) is 25.5 Å². The molecule has 0 bridgehead atoms. The third kappa shape index (κ3) is 4.36. The molecule has 146 valence electrons. The van der Waals surface area contributed by atoms with Crippen LogP contribution in [0.2, 0.25) is 5.02 Å². The largest absolute Gasteiger partial charge is 0.497 e. The average molecular weight is 411 g/mol. The highest BCUT2D eigenvalue weighted by Gasteiger charge is 2.25. The number of amides is 1. The van der Waals surface area contributed by atoms with Gasteiger partial charge in [0.1, 0.15) is 5.75 Å². The molecule has 0 heterocycles. The maximum Gasteiger partial charge on any atom is 0.264 e. The van der Waals surface area contributed by atoms with Crippen LogP contribution in [0.4, 0.5) is 5.69 Å². The monoisotopic (exact) mass is 410 g/mol. The Morgan fingerprint density at radius 3 is 2.19 bits per heavy atom. The molecule has 0 fully saturated rings. The van der Waals surface area contributed by atoms with Crippen molar-refractivity contribution in [3.63, 3.8) is 0 Å². The summed E-state index contributed by atoms with van der Waals surface area (Å²) < 4.78 is 32.2. The van der Waals surface area contributed by atoms with Crippen molar-refractivity contribution in [3.8, 4) is 5.75 Å². The Morgan fingerprint density at radius 2 is 1.67 bits per heavy atom. The van der Waals surface area contributed by atoms with E-state index in [0.717, 1.165) is 4.31 Å². The summed E-state index contributed by atoms with van der Waals surface area (Å²) in [5.74, 6) is 0.291. The number of hydrogen-bond acceptors (Lipinski definition) is 4. The number of benzene rings is 2. The van der Waals surface area contributed by atoms with Gasteiger partial charge in [0, 0.05) is 20.1 Å². The topological polar surface area (TPSA) is 66.9 Å². The Labute approximate surface area is 165 Å². The Hall–Kier alpha value is -2.25. The lowest BCUT2D eigenvalue weighted by Crippen LogP contribution is -2.33. The van der Waals surface area contributed by atoms with E-state index in [9.17, 15) is 13.2 Å². The summed E-state index contributed by atoms with van der Waals surface area (Å²) in [4.78, 5) is 14.1. The summed E-state index contributed by atoms with van der Waals surface area (Å²) in [5, 5.41) is 0.207. The summed E-state index contributed by atoms with van der Waals surface area (Å²) in [6, 6.07) is 10.7. The van der Waals surface area contributed by atoms with Gasteiger partial charge in [-0.25, -0.2) is 8.42 Å². The van der Waals surface area contributed by atoms with Gasteiger partial charge in [0.15, 0.2) is 0 Å². The van der Waals surface area contributed by atoms with Crippen LogP contribution < -0.4 is 9.04 Å². The minimum atomic E-state index is -3.87. The van der Waals surface area contributed by atoms with Gasteiger partial charge in [-0.3, -0.25) is 9.10 Å². The lowest BCUT2D eigenvalue weighted by atomic mass is 10.2. The van der Waals surface area contributed by atoms with Gasteiger partial charge in [0.2, 0.25) is 0 Å². The fraction of sp³-hybridized carbons (Fsp3) is 0.316. The second-order valence-electron chi connectivity index (χ2n) is 6.32. The molecule has 0 N–H and O–H groups in total. The zero-order valence-electron chi connectivity index (χ0n) is 15.9. The van der Waals surface area contributed by atoms with Crippen molar-refractivity contribution in [2.24, 2.45) is 0 Å². The standard InChI is InChI=1S/C19H23ClN2O4S/c1-13(2)21(3)19(23)17-12-16(10-11-18(17)20)27(24,25)22(4)14-6-8-15(26-5)9-7-14/h6-13H,1-5H3. The summed E-state index contributed by atoms with van der Waals surface area (Å²) in [7, 11) is 0.769. The molecule has 0 aliphatic carbocycles. The van der Waals surface area contributed by atoms with E-state index in [1.807, 2.05) is 13.8 Å². The van der Waals surface area contributed by atoms with E-state index in [2.05, 4.69) is 0 Å². The smallest absolute Gasteiger partial charge is 0.264 e. The molecule has 0 saturated heterocycles. The first-order valence-corrected chi connectivity index (χ1v) is 10.1. The normalized spacial score (nSPS) is 11.4. The number of sulfonamides is 1. The van der Waals surface area contributed by atoms with Gasteiger partial charge in [-0.2, -0.15) is 0 Å². The van der Waals surface area contributed by atoms with Gasteiger partial charge in [0.05, 0.1) is 28.3 Å². The second kappa shape index (κ2) is 8.19. The Kier molecular flexibility index (Phi) is 6.38. The minimum absolute atomic E-state index is 0.00859. The van der Waals surface area contributed by atoms with E-state index < -0.39 is 10.0 Å². The Balaban J connectivity index is 2.43. The molecular formula is C19H23ClN2O4S. The fourth-order valence-corrected chi connectivity index (χ4v) is 3.76. The van der Waals surface area contributed by atoms with Crippen LogP contribution in [0, 0.1) is 0 Å². The van der Waals surface area contributed by atoms with E-state index in [1.54, 1.807) is 31.3 Å². The SMILES string of the molecule is COc1ccc(N(C)S(=O)(=O)c2ccc(Cl)c(C(=O)N(C)C(C)C)c2)cc1. The first kappa shape index (κ1) is 21.1. The third-order valence-electron chi connectivity index (χ3n) is 4.36. The third-order valence-corrected chi connectivity index (χ3v) is 6.47. The van der Waals surface area contributed by atoms with Crippen LogP contribution >= 0.6 is 11.6 Å². The number of rotatable bonds is 6. The van der Waals surface area contributed by atoms with E-state index in [4.69, 9.17) is 16.3 Å². The molecule has 2 aromatic carbocycles. The van der Waals surface area contributed by atoms with Crippen LogP contribution in [0.5, 0.6) is 5.75 Å². The maximum absolute atomic E-state index is 13.0. The molecule has 6 nitrogen and oxygen atoms in total. The number of nitrogens with zero attached hydrogens (tertiary/aromatic N) is 2. The van der Waals surface area contributed by atoms with E-state index >= 15 is 0 Å². The highest BCUT2D eigenvalue weighted by molar-refractivity contribution is 7.92. The van der Waals surface area contributed by atoms with Crippen molar-refractivity contribution in [1.29, 1.82) is 0 Å². The van der Waals surface area contributed by atoms with E-state index in [0.29, 0.717) is 11.4 Å². The molecule has 0 saturated carbocycles. The van der Waals surface area contributed by atoms with Crippen LogP contribution in [-0.4, -0.2) is 46.5 Å². The molecule has 0 aliphatic rings. The molecule has 2 rings (SSSR count). The molecule has 2 aromatic rings. The summed E-state index contributed by atoms with van der Waals surface area (Å²) >= 11 is 6.15. The molecule has 0 radical (unpaired) electrons. The predicted molar refractivity (Wildman–Crippen MR) is 107 cm³/mol. The molecule has 0 aromatic heterocycles. The minimum Gasteiger partial charge on any atom is -0.497 e. The number of halogens is 1. The average Bonchev–Trinajstić information content (AvgIpc) is 2.66. The molecule has 0 unspecified atom stereocenters. The van der Waals surface area contributed by atoms with Crippen LogP contribution in [0.1, 0.15) is 24.2 Å². The Morgan fingerprint density at radius 1 is 1.07 bits per heavy atom. The molecule has 8 heteroatoms. The highest BCUT2D eigenvalue weighted by atomic mass is 35.5. The molecule has 0 spiro atoms. The Bertz CT molecular complexity index is 927. The number of methoxy groups -OCH3 is 1. The van der Waals surface area contributed by atoms with Crippen LogP contribution in [0.15, 0.2) is 47.4 Å². The lowest BCUT2D eigenvalue weighted by Gasteiger charge is -2.23. The van der Waals surface area contributed by atoms with Gasteiger partial charge < -0.3 is 9.64 Å². The van der Waals surface area contributed by atoms with Gasteiger partial charge in [-0.05, 0) is 56.3 Å². The van der Waals surface area contributed by atoms with Gasteiger partial charge in [0.25, 0.3) is 15.9 Å². The first-order valence-electron chi connectivity index (χ1n) is 8.29. The van der Waals surface area contributed by atoms with Crippen LogP contribution in [-0.2, 0) is 10.0 Å². The fourth-order valence-electron chi connectivity index (χ4n) is 2.34. The first-order chi connectivity index (χ1) is 12.6. The van der Waals surface area contributed by atoms with Gasteiger partial charge >= 0.3 is 0 Å². The molecule has 1 amide bonds. The highest BCUT2D eigenvalue weighted by Crippen LogP contribution is 2.27. The quantitative estimate of drug-likeness (QED) is 0.728. The van der Waals surface area contributed by atoms with Crippen molar-refractivity contribution < 1.29 is 17.9 Å². The van der Waals surface area contributed by atoms with Gasteiger partial charge in [-0.1, -0.05) is 11.6 Å². The number of carbonyl (C=O) groups is 1. The summed E-state index contributed by atoms with van der Waals surface area (Å²) in [6.07, 6.45) is 0. The van der Waals surface area contributed by atoms with Crippen molar-refractivity contribution >= 4 is 33.2 Å². The molecule has 0 atom stereocenters. The second-order valence-corrected chi connectivity index (χ2v) is 8.70. The van der Waals surface area contributed by atoms with E-state index in [-0.39, 0.29) is 27.4 Å². The number of carbonyl (C=O) groups excluding carboxylic acids is 1. The number of hydrogen-bond donors (Lipinski definition) is 0. The predicted octanol–water partition coefficient (Wildman–Crippen LogP) is 3.65. The van der Waals surface area contributed by atoms with Crippen molar-refractivity contribution in [3.05, 3.63) is 53.1 Å². The van der Waals surface area contributed by atoms with Gasteiger partial charge in [-0.15, -0.1) is 0 Å². The number of ether oxygens (including phenoxy) is 1. The summed E-state index contributed by atoms with van der Waals surface area (Å²) in [5.41, 5.74) is 0.620. The van der Waals surface area contributed by atoms with E-state index in [1.165, 1.54) is 37.3 Å².